The molecule has 3 aromatic rings. The monoisotopic (exact) mass is 427 g/mol. The standard InChI is InChI=1S/C20H15BrFN3O2/c1-3-6-27-19-10-15(21)12(8-18(19)26-2)7-13(11-23)20-24-16-5-4-14(22)9-17(16)25-20/h3-5,7-10H,1,6H2,2H3,(H,24,25)/b13-7-. The Balaban J connectivity index is 2.04. The summed E-state index contributed by atoms with van der Waals surface area (Å²) in [6.07, 6.45) is 3.30. The quantitative estimate of drug-likeness (QED) is 0.438. The summed E-state index contributed by atoms with van der Waals surface area (Å²) >= 11 is 3.48. The van der Waals surface area contributed by atoms with Gasteiger partial charge in [-0.25, -0.2) is 9.37 Å². The molecule has 0 atom stereocenters. The van der Waals surface area contributed by atoms with Crippen LogP contribution in [0.25, 0.3) is 22.7 Å². The highest BCUT2D eigenvalue weighted by Crippen LogP contribution is 2.35. The molecule has 0 aliphatic carbocycles. The Morgan fingerprint density at radius 1 is 1.37 bits per heavy atom. The van der Waals surface area contributed by atoms with Crippen LogP contribution in [0.1, 0.15) is 11.4 Å². The van der Waals surface area contributed by atoms with E-state index < -0.39 is 0 Å². The van der Waals surface area contributed by atoms with Crippen molar-refractivity contribution in [3.63, 3.8) is 0 Å². The smallest absolute Gasteiger partial charge is 0.162 e. The minimum absolute atomic E-state index is 0.300. The average Bonchev–Trinajstić information content (AvgIpc) is 3.08. The SMILES string of the molecule is C=CCOc1cc(Br)c(/C=C(/C#N)c2nc3ccc(F)cc3[nH]2)cc1OC. The number of nitrogens with one attached hydrogen (secondary N) is 1. The van der Waals surface area contributed by atoms with Gasteiger partial charge in [0.05, 0.1) is 23.7 Å². The lowest BCUT2D eigenvalue weighted by Crippen LogP contribution is -1.97. The first-order valence-electron chi connectivity index (χ1n) is 7.94. The number of nitrogens with zero attached hydrogens (tertiary/aromatic N) is 2. The Labute approximate surface area is 163 Å². The molecular weight excluding hydrogens is 413 g/mol. The van der Waals surface area contributed by atoms with E-state index in [1.807, 2.05) is 0 Å². The number of aromatic amines is 1. The molecule has 0 aliphatic heterocycles. The first-order valence-corrected chi connectivity index (χ1v) is 8.73. The summed E-state index contributed by atoms with van der Waals surface area (Å²) in [5.41, 5.74) is 2.11. The number of methoxy groups -OCH3 is 1. The summed E-state index contributed by atoms with van der Waals surface area (Å²) in [6, 6.07) is 9.86. The molecule has 1 heterocycles. The average molecular weight is 428 g/mol. The Morgan fingerprint density at radius 3 is 2.89 bits per heavy atom. The Kier molecular flexibility index (Phi) is 5.57. The lowest BCUT2D eigenvalue weighted by molar-refractivity contribution is 0.326. The molecule has 1 aromatic heterocycles. The van der Waals surface area contributed by atoms with Gasteiger partial charge in [0, 0.05) is 4.47 Å². The van der Waals surface area contributed by atoms with Gasteiger partial charge in [0.1, 0.15) is 24.3 Å². The molecule has 5 nitrogen and oxygen atoms in total. The van der Waals surface area contributed by atoms with Crippen LogP contribution in [0, 0.1) is 17.1 Å². The van der Waals surface area contributed by atoms with Gasteiger partial charge in [-0.15, -0.1) is 0 Å². The van der Waals surface area contributed by atoms with Gasteiger partial charge in [-0.1, -0.05) is 28.6 Å². The molecule has 1 N–H and O–H groups in total. The number of allylic oxidation sites excluding steroid dienone is 1. The van der Waals surface area contributed by atoms with Crippen molar-refractivity contribution in [2.24, 2.45) is 0 Å². The summed E-state index contributed by atoms with van der Waals surface area (Å²) in [4.78, 5) is 7.33. The maximum atomic E-state index is 13.4. The third-order valence-electron chi connectivity index (χ3n) is 3.76. The van der Waals surface area contributed by atoms with Crippen LogP contribution >= 0.6 is 15.9 Å². The van der Waals surface area contributed by atoms with Crippen molar-refractivity contribution < 1.29 is 13.9 Å². The molecule has 0 saturated heterocycles. The van der Waals surface area contributed by atoms with E-state index in [2.05, 4.69) is 38.5 Å². The van der Waals surface area contributed by atoms with Crippen LogP contribution in [-0.4, -0.2) is 23.7 Å². The van der Waals surface area contributed by atoms with Gasteiger partial charge in [0.2, 0.25) is 0 Å². The van der Waals surface area contributed by atoms with Gasteiger partial charge in [0.25, 0.3) is 0 Å². The maximum Gasteiger partial charge on any atom is 0.162 e. The molecule has 27 heavy (non-hydrogen) atoms. The fourth-order valence-electron chi connectivity index (χ4n) is 2.50. The molecule has 0 radical (unpaired) electrons. The maximum absolute atomic E-state index is 13.4. The molecule has 0 bridgehead atoms. The van der Waals surface area contributed by atoms with E-state index in [0.717, 1.165) is 4.47 Å². The first kappa shape index (κ1) is 18.7. The Bertz CT molecular complexity index is 1080. The highest BCUT2D eigenvalue weighted by Gasteiger charge is 2.13. The fourth-order valence-corrected chi connectivity index (χ4v) is 2.94. The summed E-state index contributed by atoms with van der Waals surface area (Å²) in [5, 5.41) is 9.57. The number of rotatable bonds is 6. The zero-order chi connectivity index (χ0) is 19.4. The molecule has 0 amide bonds. The second kappa shape index (κ2) is 8.06. The van der Waals surface area contributed by atoms with E-state index >= 15 is 0 Å². The van der Waals surface area contributed by atoms with Crippen LogP contribution in [0.4, 0.5) is 4.39 Å². The molecule has 3 rings (SSSR count). The van der Waals surface area contributed by atoms with E-state index in [0.29, 0.717) is 46.1 Å². The van der Waals surface area contributed by atoms with Crippen molar-refractivity contribution in [2.45, 2.75) is 0 Å². The molecule has 2 aromatic carbocycles. The highest BCUT2D eigenvalue weighted by molar-refractivity contribution is 9.10. The fraction of sp³-hybridized carbons (Fsp3) is 0.100. The van der Waals surface area contributed by atoms with Gasteiger partial charge in [0.15, 0.2) is 11.5 Å². The van der Waals surface area contributed by atoms with Crippen molar-refractivity contribution in [3.05, 3.63) is 64.7 Å². The number of benzene rings is 2. The third-order valence-corrected chi connectivity index (χ3v) is 4.45. The number of aromatic nitrogens is 2. The van der Waals surface area contributed by atoms with Gasteiger partial charge in [-0.05, 0) is 42.0 Å². The minimum atomic E-state index is -0.372. The number of imidazole rings is 1. The van der Waals surface area contributed by atoms with Gasteiger partial charge in [-0.3, -0.25) is 0 Å². The van der Waals surface area contributed by atoms with Crippen LogP contribution in [0.15, 0.2) is 47.5 Å². The van der Waals surface area contributed by atoms with Gasteiger partial charge in [-0.2, -0.15) is 5.26 Å². The van der Waals surface area contributed by atoms with E-state index in [9.17, 15) is 9.65 Å². The number of hydrogen-bond donors (Lipinski definition) is 1. The number of H-pyrrole nitrogens is 1. The predicted molar refractivity (Wildman–Crippen MR) is 106 cm³/mol. The van der Waals surface area contributed by atoms with Gasteiger partial charge >= 0.3 is 0 Å². The Morgan fingerprint density at radius 2 is 2.19 bits per heavy atom. The number of hydrogen-bond acceptors (Lipinski definition) is 4. The van der Waals surface area contributed by atoms with E-state index in [1.54, 1.807) is 30.4 Å². The van der Waals surface area contributed by atoms with Crippen molar-refractivity contribution in [2.75, 3.05) is 13.7 Å². The zero-order valence-electron chi connectivity index (χ0n) is 14.4. The van der Waals surface area contributed by atoms with Crippen molar-refractivity contribution in [1.82, 2.24) is 9.97 Å². The third kappa shape index (κ3) is 4.01. The summed E-state index contributed by atoms with van der Waals surface area (Å²) in [6.45, 7) is 3.97. The van der Waals surface area contributed by atoms with Crippen LogP contribution in [-0.2, 0) is 0 Å². The van der Waals surface area contributed by atoms with Crippen molar-refractivity contribution in [1.29, 1.82) is 5.26 Å². The second-order valence-electron chi connectivity index (χ2n) is 5.54. The highest BCUT2D eigenvalue weighted by atomic mass is 79.9. The van der Waals surface area contributed by atoms with Gasteiger partial charge < -0.3 is 14.5 Å². The summed E-state index contributed by atoms with van der Waals surface area (Å²) < 4.78 is 25.0. The summed E-state index contributed by atoms with van der Waals surface area (Å²) in [7, 11) is 1.54. The Hall–Kier alpha value is -3.11. The lowest BCUT2D eigenvalue weighted by Gasteiger charge is -2.11. The van der Waals surface area contributed by atoms with Crippen LogP contribution < -0.4 is 9.47 Å². The molecule has 136 valence electrons. The second-order valence-corrected chi connectivity index (χ2v) is 6.40. The van der Waals surface area contributed by atoms with Crippen LogP contribution in [0.2, 0.25) is 0 Å². The van der Waals surface area contributed by atoms with Crippen LogP contribution in [0.5, 0.6) is 11.5 Å². The van der Waals surface area contributed by atoms with Crippen LogP contribution in [0.3, 0.4) is 0 Å². The van der Waals surface area contributed by atoms with E-state index in [-0.39, 0.29) is 5.82 Å². The predicted octanol–water partition coefficient (Wildman–Crippen LogP) is 5.10. The van der Waals surface area contributed by atoms with Crippen molar-refractivity contribution in [3.8, 4) is 17.6 Å². The first-order chi connectivity index (χ1) is 13.0. The van der Waals surface area contributed by atoms with E-state index in [4.69, 9.17) is 9.47 Å². The summed E-state index contributed by atoms with van der Waals surface area (Å²) in [5.74, 6) is 1.06. The normalized spacial score (nSPS) is 11.3. The number of ether oxygens (including phenoxy) is 2. The number of nitriles is 1. The minimum Gasteiger partial charge on any atom is -0.493 e. The molecule has 0 unspecified atom stereocenters. The molecular formula is C20H15BrFN3O2. The van der Waals surface area contributed by atoms with Crippen molar-refractivity contribution >= 4 is 38.6 Å². The van der Waals surface area contributed by atoms with E-state index in [1.165, 1.54) is 19.2 Å². The molecule has 0 fully saturated rings. The largest absolute Gasteiger partial charge is 0.493 e. The topological polar surface area (TPSA) is 70.9 Å². The molecule has 7 heteroatoms. The lowest BCUT2D eigenvalue weighted by atomic mass is 10.1. The number of halogens is 2. The zero-order valence-corrected chi connectivity index (χ0v) is 16.0. The molecule has 0 spiro atoms. The molecule has 0 aliphatic rings. The number of fused-ring (bicyclic) bond motifs is 1. The molecule has 0 saturated carbocycles.